The van der Waals surface area contributed by atoms with E-state index < -0.39 is 27.1 Å². The molecular weight excluding hydrogens is 346 g/mol. The second kappa shape index (κ2) is 6.67. The van der Waals surface area contributed by atoms with Crippen LogP contribution in [0, 0.1) is 27.2 Å². The van der Waals surface area contributed by atoms with Crippen LogP contribution in [0.4, 0.5) is 11.4 Å². The summed E-state index contributed by atoms with van der Waals surface area (Å²) in [7, 11) is 0. The van der Waals surface area contributed by atoms with Gasteiger partial charge in [-0.25, -0.2) is 0 Å². The van der Waals surface area contributed by atoms with Gasteiger partial charge in [-0.05, 0) is 24.6 Å². The molecule has 0 spiro atoms. The molecule has 0 aromatic heterocycles. The summed E-state index contributed by atoms with van der Waals surface area (Å²) in [6.45, 7) is 1.51. The number of nitrogens with one attached hydrogen (secondary N) is 1. The zero-order valence-corrected chi connectivity index (χ0v) is 13.6. The third-order valence-corrected chi connectivity index (χ3v) is 3.90. The summed E-state index contributed by atoms with van der Waals surface area (Å²) in [4.78, 5) is 33.0. The number of hydrogen-bond acceptors (Lipinski definition) is 7. The Kier molecular flexibility index (Phi) is 4.40. The normalized spacial score (nSPS) is 11.9. The Labute approximate surface area is 146 Å². The number of carbonyl (C=O) groups excluding carboxylic acids is 1. The minimum atomic E-state index is -0.753. The number of fused-ring (bicyclic) bond motifs is 1. The molecular formula is C16H13N3O7. The molecule has 134 valence electrons. The molecule has 1 aliphatic rings. The first-order valence-corrected chi connectivity index (χ1v) is 7.47. The van der Waals surface area contributed by atoms with Crippen LogP contribution in [-0.4, -0.2) is 22.5 Å². The minimum absolute atomic E-state index is 0.104. The number of nitro groups is 2. The molecule has 26 heavy (non-hydrogen) atoms. The third kappa shape index (κ3) is 3.24. The van der Waals surface area contributed by atoms with Crippen molar-refractivity contribution in [3.05, 3.63) is 67.3 Å². The molecule has 3 rings (SSSR count). The molecule has 2 aromatic rings. The Hall–Kier alpha value is -3.69. The van der Waals surface area contributed by atoms with Crippen molar-refractivity contribution in [1.82, 2.24) is 5.32 Å². The first kappa shape index (κ1) is 17.1. The average molecular weight is 359 g/mol. The summed E-state index contributed by atoms with van der Waals surface area (Å²) < 4.78 is 10.4. The summed E-state index contributed by atoms with van der Waals surface area (Å²) in [6.07, 6.45) is 0. The minimum Gasteiger partial charge on any atom is -0.454 e. The van der Waals surface area contributed by atoms with Gasteiger partial charge in [-0.2, -0.15) is 0 Å². The van der Waals surface area contributed by atoms with Crippen LogP contribution in [0.15, 0.2) is 30.3 Å². The van der Waals surface area contributed by atoms with Crippen molar-refractivity contribution in [1.29, 1.82) is 0 Å². The molecule has 2 aromatic carbocycles. The van der Waals surface area contributed by atoms with Gasteiger partial charge in [0.15, 0.2) is 11.5 Å². The number of carbonyl (C=O) groups is 1. The van der Waals surface area contributed by atoms with Crippen molar-refractivity contribution in [3.63, 3.8) is 0 Å². The van der Waals surface area contributed by atoms with Crippen LogP contribution in [0.5, 0.6) is 11.5 Å². The van der Waals surface area contributed by atoms with Crippen molar-refractivity contribution in [2.24, 2.45) is 0 Å². The van der Waals surface area contributed by atoms with Gasteiger partial charge >= 0.3 is 0 Å². The SMILES string of the molecule is Cc1c([N+](=O)[O-])cc(C(=O)NCc2ccc3c(c2)OCO3)cc1[N+](=O)[O-]. The topological polar surface area (TPSA) is 134 Å². The molecule has 0 unspecified atom stereocenters. The highest BCUT2D eigenvalue weighted by atomic mass is 16.7. The Morgan fingerprint density at radius 3 is 2.31 bits per heavy atom. The van der Waals surface area contributed by atoms with E-state index >= 15 is 0 Å². The molecule has 0 aliphatic carbocycles. The number of ether oxygens (including phenoxy) is 2. The van der Waals surface area contributed by atoms with Crippen molar-refractivity contribution in [2.45, 2.75) is 13.5 Å². The quantitative estimate of drug-likeness (QED) is 0.640. The summed E-state index contributed by atoms with van der Waals surface area (Å²) in [6, 6.07) is 7.18. The number of amides is 1. The lowest BCUT2D eigenvalue weighted by atomic mass is 10.1. The van der Waals surface area contributed by atoms with Crippen LogP contribution in [0.1, 0.15) is 21.5 Å². The standard InChI is InChI=1S/C16H13N3O7/c1-9-12(18(21)22)5-11(6-13(9)19(23)24)16(20)17-7-10-2-3-14-15(4-10)26-8-25-14/h2-6H,7-8H2,1H3,(H,17,20). The Morgan fingerprint density at radius 1 is 1.08 bits per heavy atom. The molecule has 1 heterocycles. The highest BCUT2D eigenvalue weighted by Gasteiger charge is 2.25. The van der Waals surface area contributed by atoms with E-state index in [2.05, 4.69) is 5.32 Å². The van der Waals surface area contributed by atoms with E-state index in [1.807, 2.05) is 0 Å². The summed E-state index contributed by atoms with van der Waals surface area (Å²) in [5.74, 6) is 0.497. The van der Waals surface area contributed by atoms with E-state index in [0.717, 1.165) is 17.7 Å². The Balaban J connectivity index is 1.81. The monoisotopic (exact) mass is 359 g/mol. The molecule has 0 radical (unpaired) electrons. The lowest BCUT2D eigenvalue weighted by Gasteiger charge is -2.07. The summed E-state index contributed by atoms with van der Waals surface area (Å²) in [5, 5.41) is 24.7. The molecule has 0 atom stereocenters. The fourth-order valence-electron chi connectivity index (χ4n) is 2.53. The maximum atomic E-state index is 12.3. The molecule has 0 fully saturated rings. The van der Waals surface area contributed by atoms with Gasteiger partial charge in [0.05, 0.1) is 15.4 Å². The van der Waals surface area contributed by atoms with E-state index in [4.69, 9.17) is 9.47 Å². The van der Waals surface area contributed by atoms with Gasteiger partial charge < -0.3 is 14.8 Å². The molecule has 10 heteroatoms. The van der Waals surface area contributed by atoms with Gasteiger partial charge in [0, 0.05) is 18.7 Å². The van der Waals surface area contributed by atoms with Gasteiger partial charge in [-0.3, -0.25) is 25.0 Å². The van der Waals surface area contributed by atoms with Crippen molar-refractivity contribution >= 4 is 17.3 Å². The van der Waals surface area contributed by atoms with Crippen molar-refractivity contribution < 1.29 is 24.1 Å². The maximum Gasteiger partial charge on any atom is 0.279 e. The lowest BCUT2D eigenvalue weighted by Crippen LogP contribution is -2.23. The average Bonchev–Trinajstić information content (AvgIpc) is 3.07. The molecule has 0 saturated heterocycles. The Bertz CT molecular complexity index is 891. The van der Waals surface area contributed by atoms with Crippen LogP contribution < -0.4 is 14.8 Å². The number of benzene rings is 2. The third-order valence-electron chi connectivity index (χ3n) is 3.90. The predicted octanol–water partition coefficient (Wildman–Crippen LogP) is 2.47. The molecule has 1 N–H and O–H groups in total. The molecule has 1 aliphatic heterocycles. The summed E-state index contributed by atoms with van der Waals surface area (Å²) >= 11 is 0. The maximum absolute atomic E-state index is 12.3. The number of hydrogen-bond donors (Lipinski definition) is 1. The van der Waals surface area contributed by atoms with Crippen LogP contribution >= 0.6 is 0 Å². The van der Waals surface area contributed by atoms with Crippen LogP contribution in [0.25, 0.3) is 0 Å². The number of rotatable bonds is 5. The zero-order valence-electron chi connectivity index (χ0n) is 13.6. The first-order chi connectivity index (χ1) is 12.4. The zero-order chi connectivity index (χ0) is 18.8. The Morgan fingerprint density at radius 2 is 1.69 bits per heavy atom. The van der Waals surface area contributed by atoms with Crippen LogP contribution in [0.3, 0.4) is 0 Å². The number of nitrogens with zero attached hydrogens (tertiary/aromatic N) is 2. The van der Waals surface area contributed by atoms with Gasteiger partial charge in [0.25, 0.3) is 17.3 Å². The van der Waals surface area contributed by atoms with Crippen molar-refractivity contribution in [3.8, 4) is 11.5 Å². The van der Waals surface area contributed by atoms with Crippen LogP contribution in [0.2, 0.25) is 0 Å². The molecule has 0 saturated carbocycles. The number of nitro benzene ring substituents is 2. The molecule has 1 amide bonds. The van der Waals surface area contributed by atoms with E-state index in [1.165, 1.54) is 6.92 Å². The molecule has 10 nitrogen and oxygen atoms in total. The van der Waals surface area contributed by atoms with Gasteiger partial charge in [0.1, 0.15) is 5.56 Å². The van der Waals surface area contributed by atoms with Crippen molar-refractivity contribution in [2.75, 3.05) is 6.79 Å². The van der Waals surface area contributed by atoms with Gasteiger partial charge in [-0.1, -0.05) is 6.07 Å². The second-order valence-electron chi connectivity index (χ2n) is 5.52. The van der Waals surface area contributed by atoms with E-state index in [0.29, 0.717) is 11.5 Å². The van der Waals surface area contributed by atoms with E-state index in [1.54, 1.807) is 18.2 Å². The van der Waals surface area contributed by atoms with Gasteiger partial charge in [0.2, 0.25) is 6.79 Å². The van der Waals surface area contributed by atoms with Crippen LogP contribution in [-0.2, 0) is 6.54 Å². The fraction of sp³-hybridized carbons (Fsp3) is 0.188. The largest absolute Gasteiger partial charge is 0.454 e. The summed E-state index contributed by atoms with van der Waals surface area (Å²) in [5.41, 5.74) is -0.499. The van der Waals surface area contributed by atoms with E-state index in [-0.39, 0.29) is 24.5 Å². The fourth-order valence-corrected chi connectivity index (χ4v) is 2.53. The first-order valence-electron chi connectivity index (χ1n) is 7.47. The highest BCUT2D eigenvalue weighted by molar-refractivity contribution is 5.96. The van der Waals surface area contributed by atoms with Gasteiger partial charge in [-0.15, -0.1) is 0 Å². The lowest BCUT2D eigenvalue weighted by molar-refractivity contribution is -0.395. The highest BCUT2D eigenvalue weighted by Crippen LogP contribution is 2.32. The molecule has 0 bridgehead atoms. The second-order valence-corrected chi connectivity index (χ2v) is 5.52. The smallest absolute Gasteiger partial charge is 0.279 e. The van der Waals surface area contributed by atoms with E-state index in [9.17, 15) is 25.0 Å². The predicted molar refractivity (Wildman–Crippen MR) is 88.2 cm³/mol.